The largest absolute Gasteiger partial charge is 0.455 e. The molecule has 1 heterocycles. The lowest BCUT2D eigenvalue weighted by Crippen LogP contribution is -2.48. The zero-order valence-electron chi connectivity index (χ0n) is 9.46. The van der Waals surface area contributed by atoms with Crippen LogP contribution in [0.2, 0.25) is 0 Å². The van der Waals surface area contributed by atoms with Crippen LogP contribution in [-0.2, 0) is 0 Å². The molecule has 0 saturated heterocycles. The van der Waals surface area contributed by atoms with E-state index < -0.39 is 24.4 Å². The van der Waals surface area contributed by atoms with Crippen molar-refractivity contribution in [2.24, 2.45) is 0 Å². The van der Waals surface area contributed by atoms with Crippen molar-refractivity contribution in [2.75, 3.05) is 0 Å². The molecule has 1 aliphatic rings. The zero-order chi connectivity index (χ0) is 12.8. The summed E-state index contributed by atoms with van der Waals surface area (Å²) in [6.07, 6.45) is -3.85. The molecular formula is C12H12F2O3. The standard InChI is InChI=1S/C12H12F2O3/c1-6-3-7(2)10-8(15)5-12(16,11(13)14)17-9(10)4-6/h3-4,11,16H,5H2,1-2H3/t12-/m0/s1. The Kier molecular flexibility index (Phi) is 2.66. The van der Waals surface area contributed by atoms with Gasteiger partial charge in [-0.15, -0.1) is 0 Å². The van der Waals surface area contributed by atoms with Crippen molar-refractivity contribution in [3.63, 3.8) is 0 Å². The van der Waals surface area contributed by atoms with Crippen LogP contribution in [0, 0.1) is 13.8 Å². The Hall–Kier alpha value is -1.49. The average molecular weight is 242 g/mol. The fourth-order valence-corrected chi connectivity index (χ4v) is 2.03. The molecule has 0 bridgehead atoms. The third kappa shape index (κ3) is 1.91. The topological polar surface area (TPSA) is 46.5 Å². The predicted molar refractivity (Wildman–Crippen MR) is 56.4 cm³/mol. The van der Waals surface area contributed by atoms with Crippen molar-refractivity contribution in [2.45, 2.75) is 32.5 Å². The van der Waals surface area contributed by atoms with E-state index in [4.69, 9.17) is 4.74 Å². The summed E-state index contributed by atoms with van der Waals surface area (Å²) in [5, 5.41) is 9.55. The van der Waals surface area contributed by atoms with Crippen molar-refractivity contribution >= 4 is 5.78 Å². The molecule has 1 N–H and O–H groups in total. The number of fused-ring (bicyclic) bond motifs is 1. The van der Waals surface area contributed by atoms with Crippen molar-refractivity contribution in [3.05, 3.63) is 28.8 Å². The molecular weight excluding hydrogens is 230 g/mol. The van der Waals surface area contributed by atoms with Gasteiger partial charge in [0, 0.05) is 0 Å². The highest BCUT2D eigenvalue weighted by Gasteiger charge is 2.47. The molecule has 0 saturated carbocycles. The lowest BCUT2D eigenvalue weighted by Gasteiger charge is -2.33. The summed E-state index contributed by atoms with van der Waals surface area (Å²) in [5.41, 5.74) is 1.73. The van der Waals surface area contributed by atoms with Gasteiger partial charge in [0.1, 0.15) is 5.75 Å². The molecule has 0 fully saturated rings. The SMILES string of the molecule is Cc1cc(C)c2c(c1)O[C@](O)(C(F)F)CC2=O. The normalized spacial score (nSPS) is 23.5. The average Bonchev–Trinajstić information content (AvgIpc) is 2.14. The number of rotatable bonds is 1. The second kappa shape index (κ2) is 3.77. The molecule has 2 rings (SSSR count). The van der Waals surface area contributed by atoms with Crippen LogP contribution in [0.4, 0.5) is 8.78 Å². The number of ether oxygens (including phenoxy) is 1. The summed E-state index contributed by atoms with van der Waals surface area (Å²) in [7, 11) is 0. The highest BCUT2D eigenvalue weighted by atomic mass is 19.3. The van der Waals surface area contributed by atoms with Crippen LogP contribution >= 0.6 is 0 Å². The van der Waals surface area contributed by atoms with Crippen LogP contribution in [-0.4, -0.2) is 23.1 Å². The van der Waals surface area contributed by atoms with Gasteiger partial charge >= 0.3 is 6.43 Å². The molecule has 0 unspecified atom stereocenters. The highest BCUT2D eigenvalue weighted by Crippen LogP contribution is 2.37. The minimum atomic E-state index is -3.12. The summed E-state index contributed by atoms with van der Waals surface area (Å²) in [5.74, 6) is -3.20. The van der Waals surface area contributed by atoms with Crippen molar-refractivity contribution in [1.29, 1.82) is 0 Å². The molecule has 17 heavy (non-hydrogen) atoms. The van der Waals surface area contributed by atoms with E-state index in [1.807, 2.05) is 0 Å². The molecule has 1 aromatic rings. The van der Waals surface area contributed by atoms with Gasteiger partial charge in [-0.1, -0.05) is 6.07 Å². The molecule has 1 aliphatic heterocycles. The Bertz CT molecular complexity index is 485. The van der Waals surface area contributed by atoms with Crippen LogP contribution in [0.5, 0.6) is 5.75 Å². The highest BCUT2D eigenvalue weighted by molar-refractivity contribution is 6.01. The number of hydrogen-bond donors (Lipinski definition) is 1. The Morgan fingerprint density at radius 2 is 2.06 bits per heavy atom. The maximum absolute atomic E-state index is 12.6. The zero-order valence-corrected chi connectivity index (χ0v) is 9.46. The smallest absolute Gasteiger partial charge is 0.302 e. The van der Waals surface area contributed by atoms with E-state index in [2.05, 4.69) is 0 Å². The lowest BCUT2D eigenvalue weighted by molar-refractivity contribution is -0.220. The molecule has 0 aliphatic carbocycles. The van der Waals surface area contributed by atoms with Crippen LogP contribution < -0.4 is 4.74 Å². The Morgan fingerprint density at radius 1 is 1.41 bits per heavy atom. The summed E-state index contributed by atoms with van der Waals surface area (Å²) in [4.78, 5) is 11.8. The first-order valence-corrected chi connectivity index (χ1v) is 5.17. The molecule has 0 amide bonds. The fourth-order valence-electron chi connectivity index (χ4n) is 2.03. The number of halogens is 2. The number of ketones is 1. The van der Waals surface area contributed by atoms with Gasteiger partial charge in [0.2, 0.25) is 0 Å². The number of hydrogen-bond acceptors (Lipinski definition) is 3. The van der Waals surface area contributed by atoms with Crippen LogP contribution in [0.1, 0.15) is 27.9 Å². The minimum absolute atomic E-state index is 0.0292. The maximum atomic E-state index is 12.6. The lowest BCUT2D eigenvalue weighted by atomic mass is 9.93. The van der Waals surface area contributed by atoms with Gasteiger partial charge < -0.3 is 9.84 Å². The monoisotopic (exact) mass is 242 g/mol. The van der Waals surface area contributed by atoms with Crippen molar-refractivity contribution in [1.82, 2.24) is 0 Å². The van der Waals surface area contributed by atoms with Crippen LogP contribution in [0.15, 0.2) is 12.1 Å². The summed E-state index contributed by atoms with van der Waals surface area (Å²) in [6.45, 7) is 3.47. The van der Waals surface area contributed by atoms with Gasteiger partial charge in [0.25, 0.3) is 5.79 Å². The van der Waals surface area contributed by atoms with Gasteiger partial charge in [0.05, 0.1) is 12.0 Å². The molecule has 0 aromatic heterocycles. The third-order valence-corrected chi connectivity index (χ3v) is 2.76. The Labute approximate surface area is 97.0 Å². The number of carbonyl (C=O) groups is 1. The number of alkyl halides is 2. The molecule has 5 heteroatoms. The van der Waals surface area contributed by atoms with E-state index in [-0.39, 0.29) is 11.3 Å². The second-order valence-corrected chi connectivity index (χ2v) is 4.30. The quantitative estimate of drug-likeness (QED) is 0.821. The number of aryl methyl sites for hydroxylation is 2. The van der Waals surface area contributed by atoms with Gasteiger partial charge in [-0.25, -0.2) is 8.78 Å². The number of Topliss-reactive ketones (excluding diaryl/α,β-unsaturated/α-hetero) is 1. The Morgan fingerprint density at radius 3 is 2.65 bits per heavy atom. The third-order valence-electron chi connectivity index (χ3n) is 2.76. The minimum Gasteiger partial charge on any atom is -0.455 e. The van der Waals surface area contributed by atoms with E-state index in [0.717, 1.165) is 5.56 Å². The van der Waals surface area contributed by atoms with Crippen molar-refractivity contribution < 1.29 is 23.4 Å². The van der Waals surface area contributed by atoms with Gasteiger partial charge in [0.15, 0.2) is 5.78 Å². The molecule has 3 nitrogen and oxygen atoms in total. The summed E-state index contributed by atoms with van der Waals surface area (Å²) < 4.78 is 30.2. The molecule has 1 aromatic carbocycles. The maximum Gasteiger partial charge on any atom is 0.302 e. The number of carbonyl (C=O) groups excluding carboxylic acids is 1. The fraction of sp³-hybridized carbons (Fsp3) is 0.417. The molecule has 0 radical (unpaired) electrons. The van der Waals surface area contributed by atoms with E-state index >= 15 is 0 Å². The van der Waals surface area contributed by atoms with E-state index in [9.17, 15) is 18.7 Å². The number of aliphatic hydroxyl groups is 1. The van der Waals surface area contributed by atoms with Gasteiger partial charge in [-0.3, -0.25) is 4.79 Å². The van der Waals surface area contributed by atoms with E-state index in [1.54, 1.807) is 19.9 Å². The van der Waals surface area contributed by atoms with Gasteiger partial charge in [-0.05, 0) is 31.0 Å². The molecule has 1 atom stereocenters. The second-order valence-electron chi connectivity index (χ2n) is 4.30. The summed E-state index contributed by atoms with van der Waals surface area (Å²) >= 11 is 0. The first-order chi connectivity index (χ1) is 7.83. The summed E-state index contributed by atoms with van der Waals surface area (Å²) in [6, 6.07) is 3.25. The number of benzene rings is 1. The van der Waals surface area contributed by atoms with Crippen molar-refractivity contribution in [3.8, 4) is 5.75 Å². The van der Waals surface area contributed by atoms with Crippen LogP contribution in [0.25, 0.3) is 0 Å². The molecule has 92 valence electrons. The van der Waals surface area contributed by atoms with Crippen LogP contribution in [0.3, 0.4) is 0 Å². The van der Waals surface area contributed by atoms with E-state index in [0.29, 0.717) is 5.56 Å². The predicted octanol–water partition coefficient (Wildman–Crippen LogP) is 2.22. The Balaban J connectivity index is 2.54. The first-order valence-electron chi connectivity index (χ1n) is 5.17. The molecule has 0 spiro atoms. The van der Waals surface area contributed by atoms with Gasteiger partial charge in [-0.2, -0.15) is 0 Å². The van der Waals surface area contributed by atoms with E-state index in [1.165, 1.54) is 6.07 Å². The first kappa shape index (κ1) is 12.0.